The number of nitrogens with zero attached hydrogens (tertiary/aromatic N) is 2. The maximum Gasteiger partial charge on any atom is 0.272 e. The van der Waals surface area contributed by atoms with Crippen molar-refractivity contribution in [1.82, 2.24) is 15.2 Å². The van der Waals surface area contributed by atoms with Crippen LogP contribution in [0.2, 0.25) is 0 Å². The number of pyridine rings is 1. The first-order valence-corrected chi connectivity index (χ1v) is 9.35. The van der Waals surface area contributed by atoms with E-state index >= 15 is 0 Å². The largest absolute Gasteiger partial charge is 0.348 e. The molecule has 0 spiro atoms. The predicted molar refractivity (Wildman–Crippen MR) is 107 cm³/mol. The summed E-state index contributed by atoms with van der Waals surface area (Å²) in [6, 6.07) is 21.1. The van der Waals surface area contributed by atoms with Crippen LogP contribution in [-0.2, 0) is 19.5 Å². The molecule has 0 saturated carbocycles. The van der Waals surface area contributed by atoms with E-state index in [4.69, 9.17) is 0 Å². The van der Waals surface area contributed by atoms with Crippen LogP contribution in [-0.4, -0.2) is 28.2 Å². The Hall–Kier alpha value is -3.47. The van der Waals surface area contributed by atoms with Gasteiger partial charge in [0.25, 0.3) is 11.8 Å². The number of hydrogen-bond acceptors (Lipinski definition) is 3. The van der Waals surface area contributed by atoms with Gasteiger partial charge in [-0.3, -0.25) is 14.6 Å². The standard InChI is InChI=1S/C23H21N3O2/c27-22(25-15-17-6-2-1-3-7-17)19-10-12-24-21(14-19)23(28)26-13-11-18-8-4-5-9-20(18)16-26/h1-10,12,14H,11,13,15-16H2,(H,25,27). The molecule has 1 aromatic heterocycles. The van der Waals surface area contributed by atoms with Gasteiger partial charge in [0.1, 0.15) is 5.69 Å². The summed E-state index contributed by atoms with van der Waals surface area (Å²) in [5, 5.41) is 2.88. The van der Waals surface area contributed by atoms with E-state index in [9.17, 15) is 9.59 Å². The summed E-state index contributed by atoms with van der Waals surface area (Å²) in [5.41, 5.74) is 4.21. The molecule has 0 radical (unpaired) electrons. The molecule has 3 aromatic rings. The molecule has 2 aromatic carbocycles. The highest BCUT2D eigenvalue weighted by Gasteiger charge is 2.23. The minimum absolute atomic E-state index is 0.146. The number of carbonyl (C=O) groups is 2. The molecule has 0 unspecified atom stereocenters. The number of amides is 2. The van der Waals surface area contributed by atoms with Crippen molar-refractivity contribution in [2.75, 3.05) is 6.54 Å². The molecule has 4 rings (SSSR count). The molecule has 1 N–H and O–H groups in total. The second kappa shape index (κ2) is 8.05. The van der Waals surface area contributed by atoms with Crippen molar-refractivity contribution in [2.45, 2.75) is 19.5 Å². The van der Waals surface area contributed by atoms with E-state index in [1.54, 1.807) is 17.0 Å². The Bertz CT molecular complexity index is 1000. The van der Waals surface area contributed by atoms with Crippen molar-refractivity contribution >= 4 is 11.8 Å². The summed E-state index contributed by atoms with van der Waals surface area (Å²) in [7, 11) is 0. The third-order valence-electron chi connectivity index (χ3n) is 4.96. The van der Waals surface area contributed by atoms with E-state index in [-0.39, 0.29) is 11.8 Å². The van der Waals surface area contributed by atoms with Crippen molar-refractivity contribution in [3.8, 4) is 0 Å². The summed E-state index contributed by atoms with van der Waals surface area (Å²) >= 11 is 0. The average molecular weight is 371 g/mol. The summed E-state index contributed by atoms with van der Waals surface area (Å²) in [6.45, 7) is 1.66. The minimum atomic E-state index is -0.218. The molecule has 0 saturated heterocycles. The highest BCUT2D eigenvalue weighted by molar-refractivity contribution is 5.98. The van der Waals surface area contributed by atoms with Crippen LogP contribution in [0.15, 0.2) is 72.9 Å². The first-order chi connectivity index (χ1) is 13.7. The first kappa shape index (κ1) is 17.9. The second-order valence-electron chi connectivity index (χ2n) is 6.84. The van der Waals surface area contributed by atoms with Gasteiger partial charge in [0.2, 0.25) is 0 Å². The van der Waals surface area contributed by atoms with Crippen molar-refractivity contribution in [2.24, 2.45) is 0 Å². The van der Waals surface area contributed by atoms with Gasteiger partial charge >= 0.3 is 0 Å². The molecule has 0 atom stereocenters. The summed E-state index contributed by atoms with van der Waals surface area (Å²) in [4.78, 5) is 31.4. The average Bonchev–Trinajstić information content (AvgIpc) is 2.77. The molecule has 5 heteroatoms. The topological polar surface area (TPSA) is 62.3 Å². The molecular weight excluding hydrogens is 350 g/mol. The summed E-state index contributed by atoms with van der Waals surface area (Å²) in [6.07, 6.45) is 2.35. The molecule has 2 heterocycles. The van der Waals surface area contributed by atoms with Gasteiger partial charge in [-0.1, -0.05) is 54.6 Å². The third kappa shape index (κ3) is 3.93. The van der Waals surface area contributed by atoms with Crippen molar-refractivity contribution in [1.29, 1.82) is 0 Å². The lowest BCUT2D eigenvalue weighted by atomic mass is 9.99. The highest BCUT2D eigenvalue weighted by Crippen LogP contribution is 2.20. The van der Waals surface area contributed by atoms with Crippen molar-refractivity contribution in [3.63, 3.8) is 0 Å². The normalized spacial score (nSPS) is 12.9. The molecule has 28 heavy (non-hydrogen) atoms. The number of rotatable bonds is 4. The zero-order chi connectivity index (χ0) is 19.3. The SMILES string of the molecule is O=C(NCc1ccccc1)c1ccnc(C(=O)N2CCc3ccccc3C2)c1. The predicted octanol–water partition coefficient (Wildman–Crippen LogP) is 3.21. The van der Waals surface area contributed by atoms with E-state index in [2.05, 4.69) is 22.4 Å². The fraction of sp³-hybridized carbons (Fsp3) is 0.174. The molecule has 1 aliphatic heterocycles. The van der Waals surface area contributed by atoms with Crippen LogP contribution in [0.4, 0.5) is 0 Å². The zero-order valence-corrected chi connectivity index (χ0v) is 15.5. The van der Waals surface area contributed by atoms with Crippen molar-refractivity contribution < 1.29 is 9.59 Å². The summed E-state index contributed by atoms with van der Waals surface area (Å²) < 4.78 is 0. The number of aromatic nitrogens is 1. The molecule has 140 valence electrons. The molecule has 1 aliphatic rings. The molecule has 2 amide bonds. The van der Waals surface area contributed by atoms with Crippen LogP contribution in [0.5, 0.6) is 0 Å². The molecule has 0 fully saturated rings. The van der Waals surface area contributed by atoms with E-state index < -0.39 is 0 Å². The number of nitrogens with one attached hydrogen (secondary N) is 1. The van der Waals surface area contributed by atoms with Gasteiger partial charge in [0.15, 0.2) is 0 Å². The fourth-order valence-electron chi connectivity index (χ4n) is 3.40. The Morgan fingerprint density at radius 3 is 2.54 bits per heavy atom. The van der Waals surface area contributed by atoms with Gasteiger partial charge in [-0.15, -0.1) is 0 Å². The monoisotopic (exact) mass is 371 g/mol. The van der Waals surface area contributed by atoms with Gasteiger partial charge < -0.3 is 10.2 Å². The van der Waals surface area contributed by atoms with Crippen LogP contribution in [0.25, 0.3) is 0 Å². The van der Waals surface area contributed by atoms with Gasteiger partial charge in [0, 0.05) is 31.4 Å². The van der Waals surface area contributed by atoms with Crippen molar-refractivity contribution in [3.05, 3.63) is 101 Å². The molecule has 0 bridgehead atoms. The highest BCUT2D eigenvalue weighted by atomic mass is 16.2. The lowest BCUT2D eigenvalue weighted by Gasteiger charge is -2.28. The quantitative estimate of drug-likeness (QED) is 0.766. The Labute approximate surface area is 164 Å². The third-order valence-corrected chi connectivity index (χ3v) is 4.96. The van der Waals surface area contributed by atoms with Crippen LogP contribution in [0.1, 0.15) is 37.5 Å². The minimum Gasteiger partial charge on any atom is -0.348 e. The van der Waals surface area contributed by atoms with E-state index in [1.807, 2.05) is 42.5 Å². The number of fused-ring (bicyclic) bond motifs is 1. The molecule has 5 nitrogen and oxygen atoms in total. The Kier molecular flexibility index (Phi) is 5.15. The van der Waals surface area contributed by atoms with E-state index in [0.29, 0.717) is 30.9 Å². The van der Waals surface area contributed by atoms with Gasteiger partial charge in [-0.2, -0.15) is 0 Å². The lowest BCUT2D eigenvalue weighted by Crippen LogP contribution is -2.36. The van der Waals surface area contributed by atoms with Crippen LogP contribution in [0, 0.1) is 0 Å². The number of hydrogen-bond donors (Lipinski definition) is 1. The zero-order valence-electron chi connectivity index (χ0n) is 15.5. The van der Waals surface area contributed by atoms with E-state index in [0.717, 1.165) is 12.0 Å². The fourth-order valence-corrected chi connectivity index (χ4v) is 3.40. The lowest BCUT2D eigenvalue weighted by molar-refractivity contribution is 0.0728. The first-order valence-electron chi connectivity index (χ1n) is 9.35. The van der Waals surface area contributed by atoms with E-state index in [1.165, 1.54) is 17.3 Å². The summed E-state index contributed by atoms with van der Waals surface area (Å²) in [5.74, 6) is -0.364. The molecular formula is C23H21N3O2. The number of benzene rings is 2. The maximum absolute atomic E-state index is 12.9. The smallest absolute Gasteiger partial charge is 0.272 e. The van der Waals surface area contributed by atoms with Gasteiger partial charge in [-0.25, -0.2) is 0 Å². The van der Waals surface area contributed by atoms with Crippen LogP contribution >= 0.6 is 0 Å². The maximum atomic E-state index is 12.9. The van der Waals surface area contributed by atoms with Gasteiger partial charge in [-0.05, 0) is 35.2 Å². The van der Waals surface area contributed by atoms with Gasteiger partial charge in [0.05, 0.1) is 0 Å². The Morgan fingerprint density at radius 1 is 0.964 bits per heavy atom. The Morgan fingerprint density at radius 2 is 1.71 bits per heavy atom. The molecule has 0 aliphatic carbocycles. The Balaban J connectivity index is 1.44. The second-order valence-corrected chi connectivity index (χ2v) is 6.84. The van der Waals surface area contributed by atoms with Crippen LogP contribution < -0.4 is 5.32 Å². The van der Waals surface area contributed by atoms with Crippen LogP contribution in [0.3, 0.4) is 0 Å². The number of carbonyl (C=O) groups excluding carboxylic acids is 2.